The molecule has 24 heavy (non-hydrogen) atoms. The number of rotatable bonds is 5. The summed E-state index contributed by atoms with van der Waals surface area (Å²) in [6.45, 7) is 1.43. The average molecular weight is 327 g/mol. The monoisotopic (exact) mass is 327 g/mol. The van der Waals surface area contributed by atoms with Gasteiger partial charge >= 0.3 is 0 Å². The second-order valence-electron chi connectivity index (χ2n) is 5.35. The van der Waals surface area contributed by atoms with Crippen molar-refractivity contribution in [3.8, 4) is 11.5 Å². The van der Waals surface area contributed by atoms with Crippen LogP contribution >= 0.6 is 0 Å². The zero-order chi connectivity index (χ0) is 17.3. The number of benzene rings is 2. The summed E-state index contributed by atoms with van der Waals surface area (Å²) in [7, 11) is 0. The Morgan fingerprint density at radius 3 is 2.46 bits per heavy atom. The molecule has 0 aromatic heterocycles. The van der Waals surface area contributed by atoms with E-state index in [1.165, 1.54) is 31.2 Å². The zero-order valence-corrected chi connectivity index (χ0v) is 12.8. The van der Waals surface area contributed by atoms with Crippen LogP contribution in [0.5, 0.6) is 11.5 Å². The van der Waals surface area contributed by atoms with Crippen molar-refractivity contribution < 1.29 is 24.0 Å². The molecule has 1 heterocycles. The Morgan fingerprint density at radius 2 is 1.83 bits per heavy atom. The van der Waals surface area contributed by atoms with E-state index in [4.69, 9.17) is 9.47 Å². The molecule has 0 fully saturated rings. The highest BCUT2D eigenvalue weighted by molar-refractivity contribution is 6.12. The molecule has 7 nitrogen and oxygen atoms in total. The summed E-state index contributed by atoms with van der Waals surface area (Å²) in [4.78, 5) is 34.6. The Kier molecular flexibility index (Phi) is 3.99. The molecule has 0 saturated heterocycles. The van der Waals surface area contributed by atoms with Crippen molar-refractivity contribution in [2.24, 2.45) is 0 Å². The van der Waals surface area contributed by atoms with E-state index in [0.29, 0.717) is 17.1 Å². The summed E-state index contributed by atoms with van der Waals surface area (Å²) in [5, 5.41) is 10.7. The van der Waals surface area contributed by atoms with E-state index in [0.717, 1.165) is 0 Å². The van der Waals surface area contributed by atoms with Crippen LogP contribution in [0, 0.1) is 10.1 Å². The molecule has 2 aromatic carbocycles. The summed E-state index contributed by atoms with van der Waals surface area (Å²) in [6.07, 6.45) is 0.0880. The van der Waals surface area contributed by atoms with Gasteiger partial charge in [0, 0.05) is 24.1 Å². The Bertz CT molecular complexity index is 841. The van der Waals surface area contributed by atoms with Crippen LogP contribution in [0.25, 0.3) is 0 Å². The number of hydrogen-bond acceptors (Lipinski definition) is 6. The number of non-ortho nitro benzene ring substituents is 1. The van der Waals surface area contributed by atoms with Crippen LogP contribution in [-0.4, -0.2) is 23.3 Å². The highest BCUT2D eigenvalue weighted by Crippen LogP contribution is 2.39. The first kappa shape index (κ1) is 15.7. The van der Waals surface area contributed by atoms with Crippen molar-refractivity contribution in [1.29, 1.82) is 0 Å². The van der Waals surface area contributed by atoms with Crippen LogP contribution < -0.4 is 9.47 Å². The van der Waals surface area contributed by atoms with E-state index in [2.05, 4.69) is 0 Å². The topological polar surface area (TPSA) is 95.7 Å². The molecule has 0 saturated carbocycles. The lowest BCUT2D eigenvalue weighted by Crippen LogP contribution is -2.10. The van der Waals surface area contributed by atoms with Crippen molar-refractivity contribution in [3.63, 3.8) is 0 Å². The summed E-state index contributed by atoms with van der Waals surface area (Å²) in [5.74, 6) is 0.278. The Labute approximate surface area is 137 Å². The standard InChI is InChI=1S/C17H13NO6/c1-10(19)8-12-4-7-14-17(24-9-23-14)15(12)16(20)11-2-5-13(6-3-11)18(21)22/h2-7H,8-9H2,1H3. The first-order valence-corrected chi connectivity index (χ1v) is 7.17. The minimum atomic E-state index is -0.535. The van der Waals surface area contributed by atoms with Crippen molar-refractivity contribution >= 4 is 17.3 Å². The molecule has 2 aromatic rings. The highest BCUT2D eigenvalue weighted by Gasteiger charge is 2.27. The molecule has 0 amide bonds. The van der Waals surface area contributed by atoms with Gasteiger partial charge in [-0.05, 0) is 30.7 Å². The third kappa shape index (κ3) is 2.83. The largest absolute Gasteiger partial charge is 0.454 e. The van der Waals surface area contributed by atoms with Crippen molar-refractivity contribution in [1.82, 2.24) is 0 Å². The molecular weight excluding hydrogens is 314 g/mol. The number of carbonyl (C=O) groups excluding carboxylic acids is 2. The normalized spacial score (nSPS) is 12.0. The fraction of sp³-hybridized carbons (Fsp3) is 0.176. The van der Waals surface area contributed by atoms with E-state index in [1.54, 1.807) is 12.1 Å². The van der Waals surface area contributed by atoms with E-state index in [9.17, 15) is 19.7 Å². The predicted octanol–water partition coefficient (Wildman–Crippen LogP) is 2.69. The molecule has 0 radical (unpaired) electrons. The Balaban J connectivity index is 2.06. The van der Waals surface area contributed by atoms with E-state index in [1.807, 2.05) is 0 Å². The molecule has 1 aliphatic heterocycles. The SMILES string of the molecule is CC(=O)Cc1ccc2c(c1C(=O)c1ccc([N+](=O)[O-])cc1)OCO2. The first-order valence-electron chi connectivity index (χ1n) is 7.17. The highest BCUT2D eigenvalue weighted by atomic mass is 16.7. The quantitative estimate of drug-likeness (QED) is 0.476. The van der Waals surface area contributed by atoms with Gasteiger partial charge in [0.2, 0.25) is 6.79 Å². The van der Waals surface area contributed by atoms with Crippen LogP contribution in [0.1, 0.15) is 28.4 Å². The van der Waals surface area contributed by atoms with Gasteiger partial charge in [-0.1, -0.05) is 6.07 Å². The molecular formula is C17H13NO6. The van der Waals surface area contributed by atoms with Crippen LogP contribution in [0.4, 0.5) is 5.69 Å². The van der Waals surface area contributed by atoms with E-state index < -0.39 is 4.92 Å². The van der Waals surface area contributed by atoms with E-state index in [-0.39, 0.29) is 41.6 Å². The lowest BCUT2D eigenvalue weighted by Gasteiger charge is -2.11. The van der Waals surface area contributed by atoms with Crippen LogP contribution in [0.15, 0.2) is 36.4 Å². The molecule has 0 unspecified atom stereocenters. The van der Waals surface area contributed by atoms with Gasteiger partial charge < -0.3 is 9.47 Å². The minimum absolute atomic E-state index is 0.000596. The smallest absolute Gasteiger partial charge is 0.269 e. The number of hydrogen-bond donors (Lipinski definition) is 0. The molecule has 122 valence electrons. The predicted molar refractivity (Wildman–Crippen MR) is 83.5 cm³/mol. The third-order valence-electron chi connectivity index (χ3n) is 3.63. The molecule has 0 spiro atoms. The summed E-state index contributed by atoms with van der Waals surface area (Å²) in [5.41, 5.74) is 0.965. The summed E-state index contributed by atoms with van der Waals surface area (Å²) in [6, 6.07) is 8.61. The minimum Gasteiger partial charge on any atom is -0.454 e. The van der Waals surface area contributed by atoms with Gasteiger partial charge in [-0.25, -0.2) is 0 Å². The van der Waals surface area contributed by atoms with Crippen molar-refractivity contribution in [3.05, 3.63) is 63.2 Å². The molecule has 7 heteroatoms. The second kappa shape index (κ2) is 6.11. The van der Waals surface area contributed by atoms with Gasteiger partial charge in [-0.3, -0.25) is 19.7 Å². The number of Topliss-reactive ketones (excluding diaryl/α,β-unsaturated/α-hetero) is 1. The number of nitro groups is 1. The molecule has 1 aliphatic rings. The first-order chi connectivity index (χ1) is 11.5. The van der Waals surface area contributed by atoms with Gasteiger partial charge in [-0.2, -0.15) is 0 Å². The second-order valence-corrected chi connectivity index (χ2v) is 5.35. The summed E-state index contributed by atoms with van der Waals surface area (Å²) < 4.78 is 10.7. The van der Waals surface area contributed by atoms with Crippen LogP contribution in [0.2, 0.25) is 0 Å². The van der Waals surface area contributed by atoms with Gasteiger partial charge in [-0.15, -0.1) is 0 Å². The lowest BCUT2D eigenvalue weighted by molar-refractivity contribution is -0.384. The molecule has 0 aliphatic carbocycles. The van der Waals surface area contributed by atoms with Crippen LogP contribution in [-0.2, 0) is 11.2 Å². The third-order valence-corrected chi connectivity index (χ3v) is 3.63. The number of ketones is 2. The number of nitrogens with zero attached hydrogens (tertiary/aromatic N) is 1. The lowest BCUT2D eigenvalue weighted by atomic mass is 9.94. The number of nitro benzene ring substituents is 1. The van der Waals surface area contributed by atoms with Crippen molar-refractivity contribution in [2.45, 2.75) is 13.3 Å². The van der Waals surface area contributed by atoms with Gasteiger partial charge in [0.05, 0.1) is 10.5 Å². The van der Waals surface area contributed by atoms with Crippen molar-refractivity contribution in [2.75, 3.05) is 6.79 Å². The van der Waals surface area contributed by atoms with Gasteiger partial charge in [0.25, 0.3) is 5.69 Å². The maximum absolute atomic E-state index is 12.9. The fourth-order valence-corrected chi connectivity index (χ4v) is 2.56. The zero-order valence-electron chi connectivity index (χ0n) is 12.8. The van der Waals surface area contributed by atoms with E-state index >= 15 is 0 Å². The number of ether oxygens (including phenoxy) is 2. The Hall–Kier alpha value is -3.22. The maximum atomic E-state index is 12.9. The Morgan fingerprint density at radius 1 is 1.12 bits per heavy atom. The maximum Gasteiger partial charge on any atom is 0.269 e. The molecule has 0 atom stereocenters. The molecule has 0 bridgehead atoms. The molecule has 3 rings (SSSR count). The summed E-state index contributed by atoms with van der Waals surface area (Å²) >= 11 is 0. The van der Waals surface area contributed by atoms with Crippen LogP contribution in [0.3, 0.4) is 0 Å². The number of fused-ring (bicyclic) bond motifs is 1. The average Bonchev–Trinajstić information content (AvgIpc) is 3.02. The number of carbonyl (C=O) groups is 2. The van der Waals surface area contributed by atoms with Gasteiger partial charge in [0.1, 0.15) is 5.78 Å². The van der Waals surface area contributed by atoms with Gasteiger partial charge in [0.15, 0.2) is 17.3 Å². The fourth-order valence-electron chi connectivity index (χ4n) is 2.56. The molecule has 0 N–H and O–H groups in total.